The molecule has 1 aromatic heterocycles. The van der Waals surface area contributed by atoms with E-state index in [0.29, 0.717) is 12.3 Å². The van der Waals surface area contributed by atoms with Crippen molar-refractivity contribution < 1.29 is 4.42 Å². The van der Waals surface area contributed by atoms with E-state index in [-0.39, 0.29) is 30.9 Å². The first-order chi connectivity index (χ1) is 12.1. The molecule has 1 unspecified atom stereocenters. The lowest BCUT2D eigenvalue weighted by atomic mass is 10.1. The van der Waals surface area contributed by atoms with Crippen LogP contribution in [0.4, 0.5) is 0 Å². The van der Waals surface area contributed by atoms with E-state index in [2.05, 4.69) is 31.1 Å². The average molecular weight is 408 g/mol. The second-order valence-electron chi connectivity index (χ2n) is 6.57. The van der Waals surface area contributed by atoms with Gasteiger partial charge in [-0.1, -0.05) is 60.7 Å². The fraction of sp³-hybridized carbons (Fsp3) is 0.286. The van der Waals surface area contributed by atoms with Crippen molar-refractivity contribution in [2.24, 2.45) is 5.73 Å². The third-order valence-corrected chi connectivity index (χ3v) is 4.14. The SMILES string of the molecule is CN(C)CCC(N)Cc1nc(-c2ccccc2)c(-c2ccccc2)o1.Cl.Cl. The van der Waals surface area contributed by atoms with Crippen molar-refractivity contribution in [1.29, 1.82) is 0 Å². The molecule has 1 atom stereocenters. The summed E-state index contributed by atoms with van der Waals surface area (Å²) in [5.41, 5.74) is 9.22. The highest BCUT2D eigenvalue weighted by molar-refractivity contribution is 5.85. The molecule has 27 heavy (non-hydrogen) atoms. The zero-order chi connectivity index (χ0) is 17.6. The molecule has 146 valence electrons. The molecule has 3 aromatic rings. The molecule has 0 fully saturated rings. The summed E-state index contributed by atoms with van der Waals surface area (Å²) in [6.07, 6.45) is 1.55. The summed E-state index contributed by atoms with van der Waals surface area (Å²) in [5.74, 6) is 1.51. The van der Waals surface area contributed by atoms with E-state index < -0.39 is 0 Å². The van der Waals surface area contributed by atoms with Crippen LogP contribution in [0, 0.1) is 0 Å². The molecule has 0 aliphatic carbocycles. The van der Waals surface area contributed by atoms with Gasteiger partial charge in [0.2, 0.25) is 0 Å². The van der Waals surface area contributed by atoms with Gasteiger partial charge in [-0.25, -0.2) is 4.98 Å². The van der Waals surface area contributed by atoms with Gasteiger partial charge in [-0.05, 0) is 27.1 Å². The van der Waals surface area contributed by atoms with Crippen molar-refractivity contribution in [3.05, 3.63) is 66.6 Å². The zero-order valence-corrected chi connectivity index (χ0v) is 17.3. The van der Waals surface area contributed by atoms with Crippen molar-refractivity contribution in [1.82, 2.24) is 9.88 Å². The smallest absolute Gasteiger partial charge is 0.197 e. The largest absolute Gasteiger partial charge is 0.440 e. The highest BCUT2D eigenvalue weighted by atomic mass is 35.5. The summed E-state index contributed by atoms with van der Waals surface area (Å²) in [7, 11) is 4.11. The van der Waals surface area contributed by atoms with Gasteiger partial charge >= 0.3 is 0 Å². The van der Waals surface area contributed by atoms with Crippen LogP contribution in [-0.4, -0.2) is 36.6 Å². The molecule has 0 radical (unpaired) electrons. The van der Waals surface area contributed by atoms with E-state index in [4.69, 9.17) is 15.1 Å². The molecule has 0 bridgehead atoms. The number of halogens is 2. The first-order valence-electron chi connectivity index (χ1n) is 8.64. The van der Waals surface area contributed by atoms with E-state index in [9.17, 15) is 0 Å². The van der Waals surface area contributed by atoms with Crippen LogP contribution in [-0.2, 0) is 6.42 Å². The molecule has 0 saturated heterocycles. The van der Waals surface area contributed by atoms with E-state index >= 15 is 0 Å². The van der Waals surface area contributed by atoms with Crippen LogP contribution in [0.2, 0.25) is 0 Å². The molecule has 6 heteroatoms. The Morgan fingerprint density at radius 1 is 0.926 bits per heavy atom. The van der Waals surface area contributed by atoms with E-state index in [1.807, 2.05) is 48.5 Å². The predicted molar refractivity (Wildman–Crippen MR) is 117 cm³/mol. The van der Waals surface area contributed by atoms with E-state index in [1.54, 1.807) is 0 Å². The van der Waals surface area contributed by atoms with Crippen LogP contribution in [0.25, 0.3) is 22.6 Å². The Bertz CT molecular complexity index is 735. The van der Waals surface area contributed by atoms with Crippen LogP contribution in [0.3, 0.4) is 0 Å². The number of rotatable bonds is 7. The lowest BCUT2D eigenvalue weighted by molar-refractivity contribution is 0.370. The minimum atomic E-state index is 0. The summed E-state index contributed by atoms with van der Waals surface area (Å²) >= 11 is 0. The van der Waals surface area contributed by atoms with Crippen LogP contribution < -0.4 is 5.73 Å². The second kappa shape index (κ2) is 11.1. The average Bonchev–Trinajstić information content (AvgIpc) is 3.05. The molecule has 2 N–H and O–H groups in total. The van der Waals surface area contributed by atoms with E-state index in [1.165, 1.54) is 0 Å². The number of hydrogen-bond donors (Lipinski definition) is 1. The highest BCUT2D eigenvalue weighted by Crippen LogP contribution is 2.32. The summed E-state index contributed by atoms with van der Waals surface area (Å²) in [4.78, 5) is 6.90. The number of oxazole rings is 1. The van der Waals surface area contributed by atoms with Gasteiger partial charge in [0, 0.05) is 23.6 Å². The van der Waals surface area contributed by atoms with Crippen molar-refractivity contribution in [3.63, 3.8) is 0 Å². The highest BCUT2D eigenvalue weighted by Gasteiger charge is 2.18. The monoisotopic (exact) mass is 407 g/mol. The summed E-state index contributed by atoms with van der Waals surface area (Å²) in [6.45, 7) is 0.957. The van der Waals surface area contributed by atoms with Crippen molar-refractivity contribution in [2.45, 2.75) is 18.9 Å². The number of hydrogen-bond acceptors (Lipinski definition) is 4. The van der Waals surface area contributed by atoms with Crippen LogP contribution in [0.1, 0.15) is 12.3 Å². The summed E-state index contributed by atoms with van der Waals surface area (Å²) in [5, 5.41) is 0. The number of benzene rings is 2. The molecule has 0 aliphatic heterocycles. The Morgan fingerprint density at radius 2 is 1.48 bits per heavy atom. The van der Waals surface area contributed by atoms with Gasteiger partial charge in [-0.3, -0.25) is 0 Å². The van der Waals surface area contributed by atoms with Crippen LogP contribution >= 0.6 is 24.8 Å². The quantitative estimate of drug-likeness (QED) is 0.617. The lowest BCUT2D eigenvalue weighted by Gasteiger charge is -2.13. The third-order valence-electron chi connectivity index (χ3n) is 4.14. The molecule has 1 heterocycles. The Labute approximate surface area is 173 Å². The number of aromatic nitrogens is 1. The second-order valence-corrected chi connectivity index (χ2v) is 6.57. The molecular weight excluding hydrogens is 381 g/mol. The van der Waals surface area contributed by atoms with Gasteiger partial charge < -0.3 is 15.1 Å². The Hall–Kier alpha value is -1.85. The number of nitrogens with two attached hydrogens (primary N) is 1. The van der Waals surface area contributed by atoms with Gasteiger partial charge in [0.1, 0.15) is 5.69 Å². The van der Waals surface area contributed by atoms with Crippen LogP contribution in [0.15, 0.2) is 65.1 Å². The standard InChI is InChI=1S/C21H25N3O.2ClH/c1-24(2)14-13-18(22)15-19-23-20(16-9-5-3-6-10-16)21(25-19)17-11-7-4-8-12-17;;/h3-12,18H,13-15,22H2,1-2H3;2*1H. The maximum absolute atomic E-state index is 6.26. The molecule has 0 saturated carbocycles. The Balaban J connectivity index is 0.00000182. The first kappa shape index (κ1) is 23.2. The van der Waals surface area contributed by atoms with Crippen molar-refractivity contribution in [3.8, 4) is 22.6 Å². The van der Waals surface area contributed by atoms with Crippen molar-refractivity contribution >= 4 is 24.8 Å². The predicted octanol–water partition coefficient (Wildman–Crippen LogP) is 4.67. The zero-order valence-electron chi connectivity index (χ0n) is 15.7. The lowest BCUT2D eigenvalue weighted by Crippen LogP contribution is -2.28. The summed E-state index contributed by atoms with van der Waals surface area (Å²) < 4.78 is 6.13. The van der Waals surface area contributed by atoms with Crippen molar-refractivity contribution in [2.75, 3.05) is 20.6 Å². The maximum atomic E-state index is 6.26. The first-order valence-corrected chi connectivity index (χ1v) is 8.64. The molecule has 0 aliphatic rings. The number of nitrogens with zero attached hydrogens (tertiary/aromatic N) is 2. The minimum Gasteiger partial charge on any atom is -0.440 e. The molecule has 3 rings (SSSR count). The normalized spacial score (nSPS) is 11.6. The minimum absolute atomic E-state index is 0. The maximum Gasteiger partial charge on any atom is 0.197 e. The molecule has 0 spiro atoms. The molecule has 0 amide bonds. The Morgan fingerprint density at radius 3 is 2.04 bits per heavy atom. The molecule has 2 aromatic carbocycles. The van der Waals surface area contributed by atoms with Gasteiger partial charge in [0.05, 0.1) is 0 Å². The molecular formula is C21H27Cl2N3O. The van der Waals surface area contributed by atoms with Gasteiger partial charge in [0.25, 0.3) is 0 Å². The molecule has 4 nitrogen and oxygen atoms in total. The Kier molecular flexibility index (Phi) is 9.53. The van der Waals surface area contributed by atoms with E-state index in [0.717, 1.165) is 35.5 Å². The van der Waals surface area contributed by atoms with Gasteiger partial charge in [-0.15, -0.1) is 24.8 Å². The summed E-state index contributed by atoms with van der Waals surface area (Å²) in [6, 6.07) is 20.3. The fourth-order valence-electron chi connectivity index (χ4n) is 2.78. The van der Waals surface area contributed by atoms with Crippen LogP contribution in [0.5, 0.6) is 0 Å². The third kappa shape index (κ3) is 6.36. The van der Waals surface area contributed by atoms with Gasteiger partial charge in [0.15, 0.2) is 11.7 Å². The fourth-order valence-corrected chi connectivity index (χ4v) is 2.78. The van der Waals surface area contributed by atoms with Gasteiger partial charge in [-0.2, -0.15) is 0 Å². The topological polar surface area (TPSA) is 55.3 Å².